The molecule has 0 spiro atoms. The lowest BCUT2D eigenvalue weighted by Crippen LogP contribution is -2.52. The summed E-state index contributed by atoms with van der Waals surface area (Å²) in [6, 6.07) is 9.05. The molecule has 1 amide bonds. The Bertz CT molecular complexity index is 495. The molecule has 0 aromatic heterocycles. The van der Waals surface area contributed by atoms with Crippen LogP contribution in [0.3, 0.4) is 0 Å². The van der Waals surface area contributed by atoms with E-state index in [1.807, 2.05) is 18.2 Å². The third-order valence-electron chi connectivity index (χ3n) is 3.61. The van der Waals surface area contributed by atoms with Gasteiger partial charge in [0.05, 0.1) is 0 Å². The van der Waals surface area contributed by atoms with Crippen LogP contribution in [0.2, 0.25) is 0 Å². The van der Waals surface area contributed by atoms with Crippen molar-refractivity contribution in [3.05, 3.63) is 35.9 Å². The molecule has 1 fully saturated rings. The summed E-state index contributed by atoms with van der Waals surface area (Å²) >= 11 is 0. The summed E-state index contributed by atoms with van der Waals surface area (Å²) in [4.78, 5) is 24.9. The van der Waals surface area contributed by atoms with Gasteiger partial charge in [0.15, 0.2) is 0 Å². The molecule has 5 heteroatoms. The molecule has 1 unspecified atom stereocenters. The molecule has 0 aliphatic heterocycles. The fourth-order valence-corrected chi connectivity index (χ4v) is 2.23. The molecule has 1 saturated carbocycles. The summed E-state index contributed by atoms with van der Waals surface area (Å²) in [5.41, 5.74) is 5.66. The van der Waals surface area contributed by atoms with Crippen LogP contribution in [-0.2, 0) is 15.1 Å². The van der Waals surface area contributed by atoms with Gasteiger partial charge < -0.3 is 15.7 Å². The molecule has 1 aliphatic carbocycles. The molecule has 1 atom stereocenters. The zero-order chi connectivity index (χ0) is 14.8. The molecule has 1 aliphatic rings. The van der Waals surface area contributed by atoms with Crippen LogP contribution in [0.1, 0.15) is 25.3 Å². The molecule has 3 N–H and O–H groups in total. The van der Waals surface area contributed by atoms with Crippen molar-refractivity contribution < 1.29 is 14.7 Å². The summed E-state index contributed by atoms with van der Waals surface area (Å²) in [5, 5.41) is 8.97. The van der Waals surface area contributed by atoms with Crippen molar-refractivity contribution in [2.45, 2.75) is 25.3 Å². The lowest BCUT2D eigenvalue weighted by molar-refractivity contribution is -0.147. The van der Waals surface area contributed by atoms with Crippen LogP contribution in [0.25, 0.3) is 0 Å². The predicted molar refractivity (Wildman–Crippen MR) is 74.9 cm³/mol. The van der Waals surface area contributed by atoms with Gasteiger partial charge in [-0.25, -0.2) is 0 Å². The highest BCUT2D eigenvalue weighted by molar-refractivity contribution is 5.89. The van der Waals surface area contributed by atoms with E-state index in [4.69, 9.17) is 10.8 Å². The van der Waals surface area contributed by atoms with E-state index in [1.165, 1.54) is 4.90 Å². The van der Waals surface area contributed by atoms with Gasteiger partial charge in [0, 0.05) is 6.54 Å². The molecule has 108 valence electrons. The van der Waals surface area contributed by atoms with E-state index in [-0.39, 0.29) is 12.5 Å². The summed E-state index contributed by atoms with van der Waals surface area (Å²) in [5.74, 6) is -0.925. The minimum absolute atomic E-state index is 0.297. The van der Waals surface area contributed by atoms with Gasteiger partial charge in [0.2, 0.25) is 5.91 Å². The molecule has 1 aromatic rings. The third-order valence-corrected chi connectivity index (χ3v) is 3.61. The molecular formula is C15H20N2O3. The molecule has 5 nitrogen and oxygen atoms in total. The quantitative estimate of drug-likeness (QED) is 0.817. The fraction of sp³-hybridized carbons (Fsp3) is 0.467. The minimum atomic E-state index is -1.20. The molecule has 0 heterocycles. The number of benzene rings is 1. The molecule has 2 rings (SSSR count). The van der Waals surface area contributed by atoms with Gasteiger partial charge in [0.1, 0.15) is 12.1 Å². The Morgan fingerprint density at radius 1 is 1.35 bits per heavy atom. The second-order valence-electron chi connectivity index (χ2n) is 5.59. The number of carbonyl (C=O) groups is 2. The molecule has 0 bridgehead atoms. The Hall–Kier alpha value is -1.88. The highest BCUT2D eigenvalue weighted by Crippen LogP contribution is 2.31. The van der Waals surface area contributed by atoms with Gasteiger partial charge in [-0.2, -0.15) is 0 Å². The lowest BCUT2D eigenvalue weighted by Gasteiger charge is -2.31. The van der Waals surface area contributed by atoms with Crippen molar-refractivity contribution in [1.82, 2.24) is 4.90 Å². The maximum Gasteiger partial charge on any atom is 0.323 e. The van der Waals surface area contributed by atoms with Crippen molar-refractivity contribution in [2.75, 3.05) is 13.1 Å². The van der Waals surface area contributed by atoms with Crippen molar-refractivity contribution in [1.29, 1.82) is 0 Å². The van der Waals surface area contributed by atoms with Crippen LogP contribution in [-0.4, -0.2) is 35.0 Å². The highest BCUT2D eigenvalue weighted by Gasteiger charge is 2.37. The van der Waals surface area contributed by atoms with E-state index in [0.29, 0.717) is 18.0 Å². The highest BCUT2D eigenvalue weighted by atomic mass is 16.4. The molecule has 1 aromatic carbocycles. The Balaban J connectivity index is 2.18. The number of carboxylic acids is 1. The van der Waals surface area contributed by atoms with Crippen LogP contribution >= 0.6 is 0 Å². The third kappa shape index (κ3) is 3.36. The van der Waals surface area contributed by atoms with Crippen molar-refractivity contribution in [3.63, 3.8) is 0 Å². The number of aliphatic carboxylic acids is 1. The summed E-state index contributed by atoms with van der Waals surface area (Å²) in [7, 11) is 0. The zero-order valence-corrected chi connectivity index (χ0v) is 11.6. The predicted octanol–water partition coefficient (Wildman–Crippen LogP) is 1.18. The number of nitrogens with zero attached hydrogens (tertiary/aromatic N) is 1. The average Bonchev–Trinajstić information content (AvgIpc) is 3.21. The van der Waals surface area contributed by atoms with Crippen LogP contribution in [0.15, 0.2) is 30.3 Å². The van der Waals surface area contributed by atoms with Gasteiger partial charge in [-0.05, 0) is 31.2 Å². The number of carboxylic acid groups (broad SMARTS) is 1. The Kier molecular flexibility index (Phi) is 4.09. The Morgan fingerprint density at radius 3 is 2.45 bits per heavy atom. The largest absolute Gasteiger partial charge is 0.480 e. The SMILES string of the molecule is CC(N)(C(=O)N(CC(=O)O)CC1CC1)c1ccccc1. The maximum absolute atomic E-state index is 12.6. The summed E-state index contributed by atoms with van der Waals surface area (Å²) in [6.07, 6.45) is 2.10. The van der Waals surface area contributed by atoms with Crippen LogP contribution in [0.5, 0.6) is 0 Å². The van der Waals surface area contributed by atoms with Gasteiger partial charge in [0.25, 0.3) is 0 Å². The number of carbonyl (C=O) groups excluding carboxylic acids is 1. The van der Waals surface area contributed by atoms with Gasteiger partial charge >= 0.3 is 5.97 Å². The van der Waals surface area contributed by atoms with E-state index >= 15 is 0 Å². The van der Waals surface area contributed by atoms with Crippen molar-refractivity contribution in [3.8, 4) is 0 Å². The van der Waals surface area contributed by atoms with Gasteiger partial charge in [-0.15, -0.1) is 0 Å². The topological polar surface area (TPSA) is 83.6 Å². The fourth-order valence-electron chi connectivity index (χ4n) is 2.23. The first-order chi connectivity index (χ1) is 9.41. The average molecular weight is 276 g/mol. The summed E-state index contributed by atoms with van der Waals surface area (Å²) < 4.78 is 0. The first-order valence-electron chi connectivity index (χ1n) is 6.77. The molecule has 20 heavy (non-hydrogen) atoms. The van der Waals surface area contributed by atoms with Crippen LogP contribution < -0.4 is 5.73 Å². The van der Waals surface area contributed by atoms with E-state index in [2.05, 4.69) is 0 Å². The van der Waals surface area contributed by atoms with E-state index in [9.17, 15) is 9.59 Å². The minimum Gasteiger partial charge on any atom is -0.480 e. The second-order valence-corrected chi connectivity index (χ2v) is 5.59. The standard InChI is InChI=1S/C15H20N2O3/c1-15(16,12-5-3-2-4-6-12)14(20)17(10-13(18)19)9-11-7-8-11/h2-6,11H,7-10,16H2,1H3,(H,18,19). The maximum atomic E-state index is 12.6. The first-order valence-corrected chi connectivity index (χ1v) is 6.77. The van der Waals surface area contributed by atoms with Crippen molar-refractivity contribution >= 4 is 11.9 Å². The van der Waals surface area contributed by atoms with E-state index in [0.717, 1.165) is 12.8 Å². The number of nitrogens with two attached hydrogens (primary N) is 1. The normalized spacial score (nSPS) is 17.3. The van der Waals surface area contributed by atoms with E-state index < -0.39 is 11.5 Å². The van der Waals surface area contributed by atoms with Gasteiger partial charge in [-0.3, -0.25) is 9.59 Å². The Labute approximate surface area is 118 Å². The molecule has 0 saturated heterocycles. The molecule has 0 radical (unpaired) electrons. The monoisotopic (exact) mass is 276 g/mol. The zero-order valence-electron chi connectivity index (χ0n) is 11.6. The van der Waals surface area contributed by atoms with E-state index in [1.54, 1.807) is 19.1 Å². The number of hydrogen-bond donors (Lipinski definition) is 2. The smallest absolute Gasteiger partial charge is 0.323 e. The Morgan fingerprint density at radius 2 is 1.95 bits per heavy atom. The number of rotatable bonds is 6. The number of hydrogen-bond acceptors (Lipinski definition) is 3. The lowest BCUT2D eigenvalue weighted by atomic mass is 9.91. The molecular weight excluding hydrogens is 256 g/mol. The number of amides is 1. The van der Waals surface area contributed by atoms with Crippen molar-refractivity contribution in [2.24, 2.45) is 11.7 Å². The van der Waals surface area contributed by atoms with Gasteiger partial charge in [-0.1, -0.05) is 30.3 Å². The second kappa shape index (κ2) is 5.63. The summed E-state index contributed by atoms with van der Waals surface area (Å²) in [6.45, 7) is 1.81. The first kappa shape index (κ1) is 14.5. The van der Waals surface area contributed by atoms with Crippen LogP contribution in [0.4, 0.5) is 0 Å². The van der Waals surface area contributed by atoms with Crippen LogP contribution in [0, 0.1) is 5.92 Å².